The number of benzene rings is 1. The van der Waals surface area contributed by atoms with Crippen LogP contribution in [-0.4, -0.2) is 36.2 Å². The molecule has 23 heavy (non-hydrogen) atoms. The number of nitrogens with zero attached hydrogens (tertiary/aromatic N) is 3. The normalized spacial score (nSPS) is 18.0. The predicted octanol–water partition coefficient (Wildman–Crippen LogP) is 3.01. The highest BCUT2D eigenvalue weighted by Gasteiger charge is 2.21. The Balaban J connectivity index is 1.57. The van der Waals surface area contributed by atoms with E-state index in [1.165, 1.54) is 12.0 Å². The summed E-state index contributed by atoms with van der Waals surface area (Å²) in [5.74, 6) is 1.69. The molecule has 0 aliphatic carbocycles. The van der Waals surface area contributed by atoms with Gasteiger partial charge in [-0.25, -0.2) is 9.97 Å². The SMILES string of the molecule is COc1ccc(CNC2CCCN(c3ncccn3)C2)cc1Br. The molecule has 1 atom stereocenters. The van der Waals surface area contributed by atoms with E-state index in [1.807, 2.05) is 12.1 Å². The molecule has 0 radical (unpaired) electrons. The smallest absolute Gasteiger partial charge is 0.225 e. The van der Waals surface area contributed by atoms with E-state index in [-0.39, 0.29) is 0 Å². The molecule has 2 aromatic rings. The fourth-order valence-electron chi connectivity index (χ4n) is 2.86. The summed E-state index contributed by atoms with van der Waals surface area (Å²) in [7, 11) is 1.68. The minimum atomic E-state index is 0.452. The quantitative estimate of drug-likeness (QED) is 0.868. The van der Waals surface area contributed by atoms with Gasteiger partial charge >= 0.3 is 0 Å². The molecule has 1 fully saturated rings. The lowest BCUT2D eigenvalue weighted by Gasteiger charge is -2.33. The number of methoxy groups -OCH3 is 1. The number of ether oxygens (including phenoxy) is 1. The number of halogens is 1. The first kappa shape index (κ1) is 16.2. The molecule has 1 aliphatic rings. The van der Waals surface area contributed by atoms with E-state index in [0.29, 0.717) is 6.04 Å². The van der Waals surface area contributed by atoms with Crippen LogP contribution in [0.1, 0.15) is 18.4 Å². The van der Waals surface area contributed by atoms with Crippen molar-refractivity contribution in [3.05, 3.63) is 46.7 Å². The third-order valence-electron chi connectivity index (χ3n) is 4.07. The van der Waals surface area contributed by atoms with Crippen LogP contribution in [0, 0.1) is 0 Å². The van der Waals surface area contributed by atoms with E-state index in [0.717, 1.165) is 42.2 Å². The lowest BCUT2D eigenvalue weighted by atomic mass is 10.1. The van der Waals surface area contributed by atoms with Crippen LogP contribution < -0.4 is 15.0 Å². The maximum Gasteiger partial charge on any atom is 0.225 e. The van der Waals surface area contributed by atoms with Crippen molar-refractivity contribution in [3.8, 4) is 5.75 Å². The first-order valence-corrected chi connectivity index (χ1v) is 8.63. The number of anilines is 1. The molecule has 1 aliphatic heterocycles. The van der Waals surface area contributed by atoms with E-state index in [1.54, 1.807) is 19.5 Å². The number of hydrogen-bond acceptors (Lipinski definition) is 5. The summed E-state index contributed by atoms with van der Waals surface area (Å²) in [6.45, 7) is 2.81. The van der Waals surface area contributed by atoms with Gasteiger partial charge in [-0.2, -0.15) is 0 Å². The summed E-state index contributed by atoms with van der Waals surface area (Å²) in [6.07, 6.45) is 5.94. The summed E-state index contributed by atoms with van der Waals surface area (Å²) < 4.78 is 6.26. The van der Waals surface area contributed by atoms with Crippen LogP contribution in [0.25, 0.3) is 0 Å². The molecule has 1 aromatic carbocycles. The standard InChI is InChI=1S/C17H21BrN4O/c1-23-16-6-5-13(10-15(16)18)11-21-14-4-2-9-22(12-14)17-19-7-3-8-20-17/h3,5-8,10,14,21H,2,4,9,11-12H2,1H3. The average Bonchev–Trinajstić information content (AvgIpc) is 2.61. The molecule has 1 unspecified atom stereocenters. The predicted molar refractivity (Wildman–Crippen MR) is 94.8 cm³/mol. The molecule has 1 saturated heterocycles. The molecular formula is C17H21BrN4O. The lowest BCUT2D eigenvalue weighted by Crippen LogP contribution is -2.46. The van der Waals surface area contributed by atoms with E-state index >= 15 is 0 Å². The maximum absolute atomic E-state index is 5.27. The van der Waals surface area contributed by atoms with Crippen molar-refractivity contribution in [1.29, 1.82) is 0 Å². The van der Waals surface area contributed by atoms with Gasteiger partial charge in [0.2, 0.25) is 5.95 Å². The highest BCUT2D eigenvalue weighted by molar-refractivity contribution is 9.10. The van der Waals surface area contributed by atoms with Crippen LogP contribution in [0.5, 0.6) is 5.75 Å². The zero-order chi connectivity index (χ0) is 16.1. The summed E-state index contributed by atoms with van der Waals surface area (Å²) in [5.41, 5.74) is 1.24. The zero-order valence-electron chi connectivity index (χ0n) is 13.2. The zero-order valence-corrected chi connectivity index (χ0v) is 14.8. The Bertz CT molecular complexity index is 638. The number of aromatic nitrogens is 2. The third-order valence-corrected chi connectivity index (χ3v) is 4.69. The molecular weight excluding hydrogens is 356 g/mol. The summed E-state index contributed by atoms with van der Waals surface area (Å²) in [4.78, 5) is 11.0. The molecule has 1 aromatic heterocycles. The molecule has 1 N–H and O–H groups in total. The molecule has 0 amide bonds. The number of nitrogens with one attached hydrogen (secondary N) is 1. The van der Waals surface area contributed by atoms with E-state index in [4.69, 9.17) is 4.74 Å². The first-order valence-electron chi connectivity index (χ1n) is 7.84. The maximum atomic E-state index is 5.27. The second-order valence-electron chi connectivity index (χ2n) is 5.68. The summed E-state index contributed by atoms with van der Waals surface area (Å²) in [6, 6.07) is 8.49. The van der Waals surface area contributed by atoms with Gasteiger partial charge in [0.05, 0.1) is 11.6 Å². The molecule has 0 bridgehead atoms. The Morgan fingerprint density at radius 3 is 2.91 bits per heavy atom. The minimum Gasteiger partial charge on any atom is -0.496 e. The third kappa shape index (κ3) is 4.20. The topological polar surface area (TPSA) is 50.3 Å². The molecule has 3 rings (SSSR count). The second kappa shape index (κ2) is 7.75. The fraction of sp³-hybridized carbons (Fsp3) is 0.412. The lowest BCUT2D eigenvalue weighted by molar-refractivity contribution is 0.410. The first-order chi connectivity index (χ1) is 11.3. The molecule has 0 saturated carbocycles. The van der Waals surface area contributed by atoms with E-state index in [2.05, 4.69) is 48.2 Å². The van der Waals surface area contributed by atoms with Crippen LogP contribution in [0.3, 0.4) is 0 Å². The van der Waals surface area contributed by atoms with Crippen molar-refractivity contribution in [2.75, 3.05) is 25.1 Å². The van der Waals surface area contributed by atoms with Crippen molar-refractivity contribution in [2.45, 2.75) is 25.4 Å². The van der Waals surface area contributed by atoms with Gasteiger partial charge in [0.1, 0.15) is 5.75 Å². The van der Waals surface area contributed by atoms with E-state index < -0.39 is 0 Å². The molecule has 6 heteroatoms. The Morgan fingerprint density at radius 2 is 2.17 bits per heavy atom. The number of hydrogen-bond donors (Lipinski definition) is 1. The Labute approximate surface area is 145 Å². The minimum absolute atomic E-state index is 0.452. The van der Waals surface area contributed by atoms with Gasteiger partial charge in [0, 0.05) is 38.1 Å². The van der Waals surface area contributed by atoms with Crippen LogP contribution in [-0.2, 0) is 6.54 Å². The van der Waals surface area contributed by atoms with Crippen LogP contribution in [0.15, 0.2) is 41.1 Å². The Hall–Kier alpha value is -1.66. The number of piperidine rings is 1. The van der Waals surface area contributed by atoms with Crippen LogP contribution >= 0.6 is 15.9 Å². The monoisotopic (exact) mass is 376 g/mol. The van der Waals surface area contributed by atoms with Crippen LogP contribution in [0.4, 0.5) is 5.95 Å². The van der Waals surface area contributed by atoms with Gasteiger partial charge in [-0.3, -0.25) is 0 Å². The second-order valence-corrected chi connectivity index (χ2v) is 6.54. The largest absolute Gasteiger partial charge is 0.496 e. The van der Waals surface area contributed by atoms with E-state index in [9.17, 15) is 0 Å². The van der Waals surface area contributed by atoms with Gasteiger partial charge in [-0.15, -0.1) is 0 Å². The van der Waals surface area contributed by atoms with Crippen molar-refractivity contribution in [1.82, 2.24) is 15.3 Å². The summed E-state index contributed by atoms with van der Waals surface area (Å²) in [5, 5.41) is 3.64. The molecule has 0 spiro atoms. The van der Waals surface area contributed by atoms with Gasteiger partial charge < -0.3 is 15.0 Å². The van der Waals surface area contributed by atoms with Gasteiger partial charge in [-0.1, -0.05) is 6.07 Å². The van der Waals surface area contributed by atoms with Crippen molar-refractivity contribution >= 4 is 21.9 Å². The van der Waals surface area contributed by atoms with Gasteiger partial charge in [0.15, 0.2) is 0 Å². The Kier molecular flexibility index (Phi) is 5.46. The van der Waals surface area contributed by atoms with Crippen molar-refractivity contribution in [3.63, 3.8) is 0 Å². The fourth-order valence-corrected chi connectivity index (χ4v) is 3.45. The average molecular weight is 377 g/mol. The molecule has 122 valence electrons. The molecule has 2 heterocycles. The summed E-state index contributed by atoms with van der Waals surface area (Å²) >= 11 is 3.54. The van der Waals surface area contributed by atoms with Crippen molar-refractivity contribution in [2.24, 2.45) is 0 Å². The molecule has 5 nitrogen and oxygen atoms in total. The van der Waals surface area contributed by atoms with Crippen LogP contribution in [0.2, 0.25) is 0 Å². The highest BCUT2D eigenvalue weighted by atomic mass is 79.9. The number of rotatable bonds is 5. The highest BCUT2D eigenvalue weighted by Crippen LogP contribution is 2.25. The Morgan fingerprint density at radius 1 is 1.35 bits per heavy atom. The van der Waals surface area contributed by atoms with Gasteiger partial charge in [0.25, 0.3) is 0 Å². The van der Waals surface area contributed by atoms with Gasteiger partial charge in [-0.05, 0) is 52.5 Å². The van der Waals surface area contributed by atoms with Crippen molar-refractivity contribution < 1.29 is 4.74 Å².